The van der Waals surface area contributed by atoms with Gasteiger partial charge in [0.25, 0.3) is 0 Å². The van der Waals surface area contributed by atoms with Gasteiger partial charge in [-0.05, 0) is 65.9 Å². The second-order valence-electron chi connectivity index (χ2n) is 4.30. The van der Waals surface area contributed by atoms with Crippen LogP contribution in [0, 0.1) is 29.5 Å². The quantitative estimate of drug-likeness (QED) is 0.233. The molecule has 0 saturated heterocycles. The maximum absolute atomic E-state index is 3.99. The average molecular weight is 687 g/mol. The minimum atomic E-state index is 0.826. The number of hydrogen-bond donors (Lipinski definition) is 0. The van der Waals surface area contributed by atoms with Crippen molar-refractivity contribution in [2.75, 3.05) is 0 Å². The topological polar surface area (TPSA) is 38.7 Å². The first-order chi connectivity index (χ1) is 13.3. The molecule has 3 heterocycles. The van der Waals surface area contributed by atoms with Gasteiger partial charge in [0, 0.05) is 86.4 Å². The minimum absolute atomic E-state index is 0.826. The van der Waals surface area contributed by atoms with Crippen LogP contribution in [0.15, 0.2) is 73.2 Å². The number of aromatic nitrogens is 3. The van der Waals surface area contributed by atoms with Crippen LogP contribution in [-0.2, 0) is 0 Å². The molecule has 0 spiro atoms. The summed E-state index contributed by atoms with van der Waals surface area (Å²) < 4.78 is 8.22. The third-order valence-electron chi connectivity index (χ3n) is 2.52. The first-order valence-corrected chi connectivity index (χ1v) is 10.6. The SMILES string of the molecule is IC#Cc1ccccn1.IC#Cc1ccccn1.IC#Cc1ccccn1. The molecule has 0 aliphatic rings. The highest BCUT2D eigenvalue weighted by Crippen LogP contribution is 1.91. The maximum atomic E-state index is 3.99. The fourth-order valence-corrected chi connectivity index (χ4v) is 2.28. The molecule has 0 radical (unpaired) electrons. The summed E-state index contributed by atoms with van der Waals surface area (Å²) in [5.41, 5.74) is 2.48. The van der Waals surface area contributed by atoms with Crippen molar-refractivity contribution in [2.45, 2.75) is 0 Å². The molecule has 0 aromatic carbocycles. The van der Waals surface area contributed by atoms with E-state index in [0.717, 1.165) is 17.1 Å². The largest absolute Gasteiger partial charge is 0.248 e. The normalized spacial score (nSPS) is 7.67. The Kier molecular flexibility index (Phi) is 14.3. The van der Waals surface area contributed by atoms with Crippen LogP contribution in [0.2, 0.25) is 0 Å². The van der Waals surface area contributed by atoms with Gasteiger partial charge < -0.3 is 0 Å². The number of pyridine rings is 3. The van der Waals surface area contributed by atoms with Crippen molar-refractivity contribution in [1.29, 1.82) is 0 Å². The van der Waals surface area contributed by atoms with E-state index in [0.29, 0.717) is 0 Å². The molecule has 0 bridgehead atoms. The second-order valence-corrected chi connectivity index (χ2v) is 5.92. The Morgan fingerprint density at radius 2 is 0.778 bits per heavy atom. The number of rotatable bonds is 0. The van der Waals surface area contributed by atoms with Crippen molar-refractivity contribution < 1.29 is 0 Å². The lowest BCUT2D eigenvalue weighted by atomic mass is 10.4. The smallest absolute Gasteiger partial charge is 0.113 e. The Labute approximate surface area is 200 Å². The predicted molar refractivity (Wildman–Crippen MR) is 135 cm³/mol. The minimum Gasteiger partial charge on any atom is -0.248 e. The van der Waals surface area contributed by atoms with Crippen molar-refractivity contribution >= 4 is 67.8 Å². The van der Waals surface area contributed by atoms with Gasteiger partial charge in [-0.2, -0.15) is 0 Å². The molecule has 132 valence electrons. The summed E-state index contributed by atoms with van der Waals surface area (Å²) >= 11 is 5.97. The van der Waals surface area contributed by atoms with E-state index in [1.165, 1.54) is 0 Å². The first kappa shape index (κ1) is 23.4. The van der Waals surface area contributed by atoms with Crippen LogP contribution in [0.1, 0.15) is 17.1 Å². The third-order valence-corrected chi connectivity index (χ3v) is 3.33. The Bertz CT molecular complexity index is 828. The molecule has 6 heteroatoms. The van der Waals surface area contributed by atoms with E-state index >= 15 is 0 Å². The molecule has 0 aliphatic heterocycles. The molecule has 0 aliphatic carbocycles. The van der Waals surface area contributed by atoms with Crippen molar-refractivity contribution in [2.24, 2.45) is 0 Å². The summed E-state index contributed by atoms with van der Waals surface area (Å²) in [5.74, 6) is 8.50. The van der Waals surface area contributed by atoms with E-state index in [9.17, 15) is 0 Å². The zero-order valence-electron chi connectivity index (χ0n) is 13.9. The molecule has 27 heavy (non-hydrogen) atoms. The van der Waals surface area contributed by atoms with Gasteiger partial charge in [-0.3, -0.25) is 0 Å². The van der Waals surface area contributed by atoms with Gasteiger partial charge >= 0.3 is 0 Å². The maximum Gasteiger partial charge on any atom is 0.113 e. The fraction of sp³-hybridized carbons (Fsp3) is 0. The lowest BCUT2D eigenvalue weighted by Gasteiger charge is -1.82. The molecular weight excluding hydrogens is 675 g/mol. The van der Waals surface area contributed by atoms with E-state index < -0.39 is 0 Å². The van der Waals surface area contributed by atoms with Gasteiger partial charge in [-0.1, -0.05) is 18.2 Å². The molecule has 0 amide bonds. The molecule has 3 nitrogen and oxygen atoms in total. The molecule has 3 aromatic rings. The van der Waals surface area contributed by atoms with Gasteiger partial charge in [0.05, 0.1) is 0 Å². The highest BCUT2D eigenvalue weighted by molar-refractivity contribution is 14.1. The molecule has 0 unspecified atom stereocenters. The van der Waals surface area contributed by atoms with Crippen LogP contribution < -0.4 is 0 Å². The molecule has 0 N–H and O–H groups in total. The third kappa shape index (κ3) is 12.4. The van der Waals surface area contributed by atoms with Crippen molar-refractivity contribution in [3.8, 4) is 29.5 Å². The summed E-state index contributed by atoms with van der Waals surface area (Å²) in [6.45, 7) is 0. The summed E-state index contributed by atoms with van der Waals surface area (Å²) in [6.07, 6.45) is 5.20. The first-order valence-electron chi connectivity index (χ1n) is 7.38. The van der Waals surface area contributed by atoms with E-state index in [4.69, 9.17) is 0 Å². The Morgan fingerprint density at radius 3 is 0.963 bits per heavy atom. The molecular formula is C21H12I3N3. The highest BCUT2D eigenvalue weighted by atomic mass is 127. The standard InChI is InChI=1S/3C7H4IN/c3*8-5-4-7-3-1-2-6-9-7/h3*1-3,6H. The lowest BCUT2D eigenvalue weighted by molar-refractivity contribution is 1.29. The number of halogens is 3. The fourth-order valence-electron chi connectivity index (χ4n) is 1.46. The van der Waals surface area contributed by atoms with Crippen LogP contribution >= 0.6 is 67.8 Å². The van der Waals surface area contributed by atoms with Gasteiger partial charge in [0.2, 0.25) is 0 Å². The average Bonchev–Trinajstić information content (AvgIpc) is 2.72. The van der Waals surface area contributed by atoms with Crippen molar-refractivity contribution in [1.82, 2.24) is 15.0 Å². The van der Waals surface area contributed by atoms with Gasteiger partial charge in [-0.25, -0.2) is 15.0 Å². The zero-order chi connectivity index (χ0) is 19.6. The Balaban J connectivity index is 0.000000202. The van der Waals surface area contributed by atoms with Crippen LogP contribution in [0.3, 0.4) is 0 Å². The van der Waals surface area contributed by atoms with E-state index in [1.807, 2.05) is 122 Å². The number of hydrogen-bond acceptors (Lipinski definition) is 3. The highest BCUT2D eigenvalue weighted by Gasteiger charge is 1.81. The Hall–Kier alpha value is -1.68. The van der Waals surface area contributed by atoms with Crippen LogP contribution in [0.5, 0.6) is 0 Å². The summed E-state index contributed by atoms with van der Waals surface area (Å²) in [7, 11) is 0. The van der Waals surface area contributed by atoms with E-state index in [1.54, 1.807) is 18.6 Å². The molecule has 3 aromatic heterocycles. The second kappa shape index (κ2) is 16.5. The van der Waals surface area contributed by atoms with E-state index in [-0.39, 0.29) is 0 Å². The van der Waals surface area contributed by atoms with Crippen LogP contribution in [-0.4, -0.2) is 15.0 Å². The monoisotopic (exact) mass is 687 g/mol. The summed E-state index contributed by atoms with van der Waals surface area (Å²) in [6, 6.07) is 17.0. The predicted octanol–water partition coefficient (Wildman–Crippen LogP) is 5.48. The summed E-state index contributed by atoms with van der Waals surface area (Å²) in [4.78, 5) is 12.0. The van der Waals surface area contributed by atoms with Gasteiger partial charge in [0.1, 0.15) is 17.1 Å². The van der Waals surface area contributed by atoms with Crippen LogP contribution in [0.25, 0.3) is 0 Å². The Morgan fingerprint density at radius 1 is 0.481 bits per heavy atom. The molecule has 0 saturated carbocycles. The lowest BCUT2D eigenvalue weighted by Crippen LogP contribution is -1.75. The molecule has 0 atom stereocenters. The summed E-state index contributed by atoms with van der Waals surface area (Å²) in [5, 5.41) is 0. The zero-order valence-corrected chi connectivity index (χ0v) is 20.4. The van der Waals surface area contributed by atoms with Crippen LogP contribution in [0.4, 0.5) is 0 Å². The van der Waals surface area contributed by atoms with Gasteiger partial charge in [0.15, 0.2) is 0 Å². The van der Waals surface area contributed by atoms with Crippen molar-refractivity contribution in [3.63, 3.8) is 0 Å². The van der Waals surface area contributed by atoms with Crippen molar-refractivity contribution in [3.05, 3.63) is 90.3 Å². The molecule has 0 fully saturated rings. The molecule has 3 rings (SSSR count). The number of nitrogens with zero attached hydrogens (tertiary/aromatic N) is 3. The van der Waals surface area contributed by atoms with Gasteiger partial charge in [-0.15, -0.1) is 0 Å². The van der Waals surface area contributed by atoms with E-state index in [2.05, 4.69) is 44.5 Å².